The third-order valence-electron chi connectivity index (χ3n) is 2.19. The SMILES string of the molecule is CCCC(O)[c-]1cccc1.[Ru].[cH-]1[cH-][cH-][cH-][cH-]1. The van der Waals surface area contributed by atoms with Gasteiger partial charge in [-0.25, -0.2) is 12.1 Å². The fourth-order valence-electron chi connectivity index (χ4n) is 1.37. The van der Waals surface area contributed by atoms with Crippen molar-refractivity contribution in [3.63, 3.8) is 0 Å². The molecule has 0 aliphatic rings. The van der Waals surface area contributed by atoms with E-state index >= 15 is 0 Å². The zero-order chi connectivity index (χ0) is 10.9. The van der Waals surface area contributed by atoms with Gasteiger partial charge in [0.1, 0.15) is 0 Å². The van der Waals surface area contributed by atoms with E-state index in [2.05, 4.69) is 6.92 Å². The smallest absolute Gasteiger partial charge is 0.0350 e. The van der Waals surface area contributed by atoms with Gasteiger partial charge in [0.25, 0.3) is 0 Å². The minimum absolute atomic E-state index is 0. The van der Waals surface area contributed by atoms with Crippen LogP contribution in [0.5, 0.6) is 0 Å². The van der Waals surface area contributed by atoms with Crippen molar-refractivity contribution < 1.29 is 24.6 Å². The maximum absolute atomic E-state index is 9.41. The first-order chi connectivity index (χ1) is 7.34. The molecule has 2 aromatic carbocycles. The standard InChI is InChI=1S/C9H13O.C5H5.Ru/c1-2-5-9(10)8-6-3-4-7-8;1-2-4-5-3-1;/h3-4,6-7,9-10H,2,5H2,1H3;1-5H;/q-1;-5;. The second kappa shape index (κ2) is 9.51. The average molecular weight is 303 g/mol. The molecule has 0 aliphatic heterocycles. The summed E-state index contributed by atoms with van der Waals surface area (Å²) in [6.07, 6.45) is 1.65. The van der Waals surface area contributed by atoms with Gasteiger partial charge in [-0.1, -0.05) is 13.3 Å². The van der Waals surface area contributed by atoms with Gasteiger partial charge in [0.2, 0.25) is 0 Å². The maximum atomic E-state index is 9.41. The molecule has 0 fully saturated rings. The van der Waals surface area contributed by atoms with E-state index in [-0.39, 0.29) is 25.6 Å². The summed E-state index contributed by atoms with van der Waals surface area (Å²) in [5.41, 5.74) is 1.04. The monoisotopic (exact) mass is 304 g/mol. The van der Waals surface area contributed by atoms with E-state index in [1.807, 2.05) is 54.6 Å². The van der Waals surface area contributed by atoms with Crippen molar-refractivity contribution in [2.24, 2.45) is 0 Å². The van der Waals surface area contributed by atoms with Gasteiger partial charge in [-0.15, -0.1) is 5.56 Å². The van der Waals surface area contributed by atoms with Crippen LogP contribution in [0.25, 0.3) is 0 Å². The number of hydrogen-bond donors (Lipinski definition) is 1. The van der Waals surface area contributed by atoms with Crippen molar-refractivity contribution in [1.82, 2.24) is 0 Å². The molecule has 0 bridgehead atoms. The quantitative estimate of drug-likeness (QED) is 0.678. The zero-order valence-corrected chi connectivity index (χ0v) is 11.2. The second-order valence-electron chi connectivity index (χ2n) is 3.48. The Kier molecular flexibility index (Phi) is 9.08. The van der Waals surface area contributed by atoms with Crippen LogP contribution >= 0.6 is 0 Å². The summed E-state index contributed by atoms with van der Waals surface area (Å²) in [5, 5.41) is 9.41. The van der Waals surface area contributed by atoms with E-state index in [0.717, 1.165) is 18.4 Å². The number of hydrogen-bond acceptors (Lipinski definition) is 1. The molecule has 16 heavy (non-hydrogen) atoms. The predicted octanol–water partition coefficient (Wildman–Crippen LogP) is 3.64. The Morgan fingerprint density at radius 2 is 1.50 bits per heavy atom. The summed E-state index contributed by atoms with van der Waals surface area (Å²) in [6.45, 7) is 2.08. The molecule has 0 saturated heterocycles. The van der Waals surface area contributed by atoms with Gasteiger partial charge in [-0.3, -0.25) is 0 Å². The Hall–Kier alpha value is -0.717. The molecule has 1 N–H and O–H groups in total. The summed E-state index contributed by atoms with van der Waals surface area (Å²) in [6, 6.07) is 17.8. The van der Waals surface area contributed by atoms with Crippen molar-refractivity contribution in [2.75, 3.05) is 0 Å². The molecular weight excluding hydrogens is 285 g/mol. The van der Waals surface area contributed by atoms with E-state index in [1.165, 1.54) is 0 Å². The van der Waals surface area contributed by atoms with E-state index in [9.17, 15) is 5.11 Å². The molecule has 0 radical (unpaired) electrons. The maximum Gasteiger partial charge on any atom is 0.0350 e. The normalized spacial score (nSPS) is 10.9. The van der Waals surface area contributed by atoms with E-state index in [0.29, 0.717) is 0 Å². The Morgan fingerprint density at radius 1 is 1.06 bits per heavy atom. The predicted molar refractivity (Wildman–Crippen MR) is 63.9 cm³/mol. The van der Waals surface area contributed by atoms with E-state index in [4.69, 9.17) is 0 Å². The molecule has 0 aromatic heterocycles. The van der Waals surface area contributed by atoms with Crippen LogP contribution in [0, 0.1) is 0 Å². The Morgan fingerprint density at radius 3 is 1.88 bits per heavy atom. The van der Waals surface area contributed by atoms with Crippen LogP contribution in [-0.4, -0.2) is 5.11 Å². The minimum Gasteiger partial charge on any atom is -0.748 e. The number of aliphatic hydroxyl groups is 1. The van der Waals surface area contributed by atoms with Gasteiger partial charge in [0, 0.05) is 25.6 Å². The zero-order valence-electron chi connectivity index (χ0n) is 9.49. The molecule has 0 saturated carbocycles. The molecule has 2 aromatic rings. The van der Waals surface area contributed by atoms with Crippen LogP contribution < -0.4 is 0 Å². The molecule has 1 nitrogen and oxygen atoms in total. The second-order valence-corrected chi connectivity index (χ2v) is 3.48. The molecule has 2 heteroatoms. The summed E-state index contributed by atoms with van der Waals surface area (Å²) < 4.78 is 0. The first kappa shape index (κ1) is 15.3. The Labute approximate surface area is 111 Å². The van der Waals surface area contributed by atoms with Crippen LogP contribution in [0.4, 0.5) is 0 Å². The largest absolute Gasteiger partial charge is 0.748 e. The van der Waals surface area contributed by atoms with Crippen LogP contribution in [0.1, 0.15) is 31.4 Å². The molecule has 1 atom stereocenters. The molecule has 94 valence electrons. The molecule has 0 spiro atoms. The molecule has 1 unspecified atom stereocenters. The van der Waals surface area contributed by atoms with E-state index < -0.39 is 0 Å². The first-order valence-electron chi connectivity index (χ1n) is 5.41. The van der Waals surface area contributed by atoms with Gasteiger partial charge in [-0.2, -0.15) is 12.1 Å². The molecule has 0 heterocycles. The number of aliphatic hydroxyl groups excluding tert-OH is 1. The van der Waals surface area contributed by atoms with Crippen molar-refractivity contribution in [3.8, 4) is 0 Å². The van der Waals surface area contributed by atoms with Crippen LogP contribution in [0.2, 0.25) is 0 Å². The Bertz CT molecular complexity index is 293. The van der Waals surface area contributed by atoms with Crippen molar-refractivity contribution in [3.05, 3.63) is 60.2 Å². The summed E-state index contributed by atoms with van der Waals surface area (Å²) in [5.74, 6) is 0. The molecular formula is C14H18ORu-6. The van der Waals surface area contributed by atoms with Crippen molar-refractivity contribution in [2.45, 2.75) is 25.9 Å². The fraction of sp³-hybridized carbons (Fsp3) is 0.286. The molecule has 0 amide bonds. The third kappa shape index (κ3) is 6.00. The molecule has 2 rings (SSSR count). The van der Waals surface area contributed by atoms with Gasteiger partial charge in [-0.05, 0) is 6.42 Å². The number of rotatable bonds is 3. The first-order valence-corrected chi connectivity index (χ1v) is 5.41. The molecule has 0 aliphatic carbocycles. The summed E-state index contributed by atoms with van der Waals surface area (Å²) >= 11 is 0. The van der Waals surface area contributed by atoms with Gasteiger partial charge >= 0.3 is 0 Å². The fourth-order valence-corrected chi connectivity index (χ4v) is 1.37. The van der Waals surface area contributed by atoms with E-state index in [1.54, 1.807) is 0 Å². The van der Waals surface area contributed by atoms with Crippen LogP contribution in [0.3, 0.4) is 0 Å². The summed E-state index contributed by atoms with van der Waals surface area (Å²) in [7, 11) is 0. The average Bonchev–Trinajstić information content (AvgIpc) is 2.95. The van der Waals surface area contributed by atoms with Crippen LogP contribution in [-0.2, 0) is 19.5 Å². The minimum atomic E-state index is -0.250. The topological polar surface area (TPSA) is 20.2 Å². The third-order valence-corrected chi connectivity index (χ3v) is 2.19. The Balaban J connectivity index is 0.000000318. The summed E-state index contributed by atoms with van der Waals surface area (Å²) in [4.78, 5) is 0. The van der Waals surface area contributed by atoms with Gasteiger partial charge < -0.3 is 35.4 Å². The van der Waals surface area contributed by atoms with Crippen molar-refractivity contribution >= 4 is 0 Å². The van der Waals surface area contributed by atoms with Crippen LogP contribution in [0.15, 0.2) is 54.6 Å². The van der Waals surface area contributed by atoms with Gasteiger partial charge in [0.15, 0.2) is 0 Å². The van der Waals surface area contributed by atoms with Crippen molar-refractivity contribution in [1.29, 1.82) is 0 Å². The van der Waals surface area contributed by atoms with Gasteiger partial charge in [0.05, 0.1) is 0 Å².